The molecule has 0 radical (unpaired) electrons. The molecular weight excluding hydrogens is 683 g/mol. The molecule has 0 unspecified atom stereocenters. The number of fused-ring (bicyclic) bond motifs is 5. The summed E-state index contributed by atoms with van der Waals surface area (Å²) in [6, 6.07) is 81.6. The van der Waals surface area contributed by atoms with Crippen LogP contribution >= 0.6 is 0 Å². The normalized spacial score (nSPS) is 11.6. The number of hydrogen-bond donors (Lipinski definition) is 0. The quantitative estimate of drug-likeness (QED) is 0.115. The van der Waals surface area contributed by atoms with E-state index in [4.69, 9.17) is 4.42 Å². The lowest BCUT2D eigenvalue weighted by Gasteiger charge is -2.35. The fourth-order valence-electron chi connectivity index (χ4n) is 8.48. The maximum absolute atomic E-state index is 6.44. The highest BCUT2D eigenvalue weighted by Crippen LogP contribution is 2.41. The molecule has 10 rings (SSSR count). The first-order valence-electron chi connectivity index (χ1n) is 18.8. The summed E-state index contributed by atoms with van der Waals surface area (Å²) < 4.78 is 6.44. The lowest BCUT2D eigenvalue weighted by Crippen LogP contribution is -2.74. The minimum Gasteiger partial charge on any atom is -0.456 e. The Morgan fingerprint density at radius 1 is 0.327 bits per heavy atom. The topological polar surface area (TPSA) is 16.4 Å². The molecule has 10 aromatic rings. The molecule has 2 nitrogen and oxygen atoms in total. The Kier molecular flexibility index (Phi) is 8.20. The van der Waals surface area contributed by atoms with Crippen LogP contribution in [0, 0.1) is 0 Å². The standard InChI is InChI=1S/C52H37NOSi/c1-5-15-38(16-6-1)39-25-28-41(29-26-39)53(43-32-36-50-49(37-43)52-48-24-14-13-17-40(48)27-35-51(52)54-50)42-30-33-47(34-31-42)55(44-18-7-2-8-19-44,45-20-9-3-10-21-45)46-22-11-4-12-23-46/h1-37H. The van der Waals surface area contributed by atoms with Gasteiger partial charge in [-0.3, -0.25) is 0 Å². The van der Waals surface area contributed by atoms with Crippen molar-refractivity contribution in [3.8, 4) is 11.1 Å². The summed E-state index contributed by atoms with van der Waals surface area (Å²) in [6.45, 7) is 0. The van der Waals surface area contributed by atoms with Gasteiger partial charge in [0.05, 0.1) is 0 Å². The molecular formula is C52H37NOSi. The molecule has 0 fully saturated rings. The van der Waals surface area contributed by atoms with Crippen LogP contribution in [0.2, 0.25) is 0 Å². The number of benzene rings is 9. The Balaban J connectivity index is 1.17. The van der Waals surface area contributed by atoms with Crippen LogP contribution in [0.4, 0.5) is 17.1 Å². The van der Waals surface area contributed by atoms with Gasteiger partial charge in [0.15, 0.2) is 8.07 Å². The van der Waals surface area contributed by atoms with Crippen LogP contribution in [-0.2, 0) is 0 Å². The van der Waals surface area contributed by atoms with Crippen molar-refractivity contribution in [2.75, 3.05) is 4.90 Å². The van der Waals surface area contributed by atoms with Gasteiger partial charge in [-0.15, -0.1) is 0 Å². The molecule has 0 amide bonds. The molecule has 0 aliphatic rings. The zero-order valence-electron chi connectivity index (χ0n) is 30.2. The largest absolute Gasteiger partial charge is 0.456 e. The molecule has 1 heterocycles. The van der Waals surface area contributed by atoms with Gasteiger partial charge in [-0.2, -0.15) is 0 Å². The smallest absolute Gasteiger partial charge is 0.179 e. The van der Waals surface area contributed by atoms with E-state index in [9.17, 15) is 0 Å². The van der Waals surface area contributed by atoms with E-state index in [0.717, 1.165) is 39.0 Å². The number of rotatable bonds is 8. The molecule has 0 spiro atoms. The Morgan fingerprint density at radius 2 is 0.782 bits per heavy atom. The molecule has 0 bridgehead atoms. The highest BCUT2D eigenvalue weighted by atomic mass is 28.3. The molecule has 0 saturated heterocycles. The molecule has 1 aromatic heterocycles. The van der Waals surface area contributed by atoms with Crippen LogP contribution in [0.25, 0.3) is 43.8 Å². The molecule has 260 valence electrons. The van der Waals surface area contributed by atoms with Crippen molar-refractivity contribution < 1.29 is 4.42 Å². The summed E-state index contributed by atoms with van der Waals surface area (Å²) in [6.07, 6.45) is 0. The summed E-state index contributed by atoms with van der Waals surface area (Å²) in [5, 5.41) is 10.1. The van der Waals surface area contributed by atoms with Crippen molar-refractivity contribution in [3.05, 3.63) is 224 Å². The summed E-state index contributed by atoms with van der Waals surface area (Å²) in [7, 11) is -2.68. The number of nitrogens with zero attached hydrogens (tertiary/aromatic N) is 1. The zero-order valence-corrected chi connectivity index (χ0v) is 31.2. The van der Waals surface area contributed by atoms with E-state index in [2.05, 4.69) is 229 Å². The van der Waals surface area contributed by atoms with Gasteiger partial charge in [0, 0.05) is 27.8 Å². The molecule has 0 aliphatic heterocycles. The van der Waals surface area contributed by atoms with E-state index in [1.54, 1.807) is 0 Å². The average Bonchev–Trinajstić information content (AvgIpc) is 3.65. The fraction of sp³-hybridized carbons (Fsp3) is 0. The fourth-order valence-corrected chi connectivity index (χ4v) is 13.2. The third-order valence-electron chi connectivity index (χ3n) is 11.0. The molecule has 55 heavy (non-hydrogen) atoms. The van der Waals surface area contributed by atoms with E-state index in [1.807, 2.05) is 0 Å². The predicted molar refractivity (Wildman–Crippen MR) is 235 cm³/mol. The van der Waals surface area contributed by atoms with Gasteiger partial charge in [0.1, 0.15) is 11.2 Å². The molecule has 3 heteroatoms. The molecule has 0 aliphatic carbocycles. The van der Waals surface area contributed by atoms with Gasteiger partial charge in [0.2, 0.25) is 0 Å². The summed E-state index contributed by atoms with van der Waals surface area (Å²) in [5.74, 6) is 0. The highest BCUT2D eigenvalue weighted by molar-refractivity contribution is 7.19. The van der Waals surface area contributed by atoms with E-state index in [1.165, 1.54) is 42.6 Å². The maximum Gasteiger partial charge on any atom is 0.179 e. The second kappa shape index (κ2) is 13.8. The van der Waals surface area contributed by atoms with Gasteiger partial charge in [-0.05, 0) is 91.2 Å². The third-order valence-corrected chi connectivity index (χ3v) is 15.8. The Bertz CT molecular complexity index is 2790. The van der Waals surface area contributed by atoms with Gasteiger partial charge in [-0.1, -0.05) is 176 Å². The van der Waals surface area contributed by atoms with Crippen LogP contribution < -0.4 is 25.6 Å². The Hall–Kier alpha value is -6.94. The second-order valence-electron chi connectivity index (χ2n) is 14.1. The maximum atomic E-state index is 6.44. The number of furan rings is 1. The van der Waals surface area contributed by atoms with Crippen molar-refractivity contribution in [2.24, 2.45) is 0 Å². The summed E-state index contributed by atoms with van der Waals surface area (Å²) >= 11 is 0. The van der Waals surface area contributed by atoms with Crippen molar-refractivity contribution >= 4 is 78.6 Å². The third kappa shape index (κ3) is 5.65. The van der Waals surface area contributed by atoms with Gasteiger partial charge < -0.3 is 9.32 Å². The molecule has 0 saturated carbocycles. The Morgan fingerprint density at radius 3 is 1.38 bits per heavy atom. The first kappa shape index (κ1) is 32.7. The van der Waals surface area contributed by atoms with Crippen LogP contribution in [0.1, 0.15) is 0 Å². The molecule has 0 N–H and O–H groups in total. The molecule has 0 atom stereocenters. The number of anilines is 3. The van der Waals surface area contributed by atoms with E-state index in [0.29, 0.717) is 0 Å². The second-order valence-corrected chi connectivity index (χ2v) is 17.9. The minimum atomic E-state index is -2.68. The minimum absolute atomic E-state index is 0.884. The first-order valence-corrected chi connectivity index (χ1v) is 20.8. The summed E-state index contributed by atoms with van der Waals surface area (Å²) in [5.41, 5.74) is 7.42. The van der Waals surface area contributed by atoms with E-state index in [-0.39, 0.29) is 0 Å². The monoisotopic (exact) mass is 719 g/mol. The van der Waals surface area contributed by atoms with Gasteiger partial charge in [0.25, 0.3) is 0 Å². The Labute approximate surface area is 322 Å². The zero-order chi connectivity index (χ0) is 36.6. The summed E-state index contributed by atoms with van der Waals surface area (Å²) in [4.78, 5) is 2.37. The number of hydrogen-bond acceptors (Lipinski definition) is 2. The SMILES string of the molecule is c1ccc(-c2ccc(N(c3ccc([Si](c4ccccc4)(c4ccccc4)c4ccccc4)cc3)c3ccc4oc5ccc6ccccc6c5c4c3)cc2)cc1. The lowest BCUT2D eigenvalue weighted by molar-refractivity contribution is 0.669. The van der Waals surface area contributed by atoms with Gasteiger partial charge >= 0.3 is 0 Å². The molecule has 9 aromatic carbocycles. The van der Waals surface area contributed by atoms with Crippen molar-refractivity contribution in [1.29, 1.82) is 0 Å². The van der Waals surface area contributed by atoms with E-state index >= 15 is 0 Å². The predicted octanol–water partition coefficient (Wildman–Crippen LogP) is 11.3. The van der Waals surface area contributed by atoms with Crippen molar-refractivity contribution in [3.63, 3.8) is 0 Å². The van der Waals surface area contributed by atoms with Crippen molar-refractivity contribution in [2.45, 2.75) is 0 Å². The first-order chi connectivity index (χ1) is 27.3. The highest BCUT2D eigenvalue weighted by Gasteiger charge is 2.41. The lowest BCUT2D eigenvalue weighted by atomic mass is 10.0. The van der Waals surface area contributed by atoms with E-state index < -0.39 is 8.07 Å². The van der Waals surface area contributed by atoms with Gasteiger partial charge in [-0.25, -0.2) is 0 Å². The van der Waals surface area contributed by atoms with Crippen LogP contribution in [-0.4, -0.2) is 8.07 Å². The van der Waals surface area contributed by atoms with Crippen LogP contribution in [0.5, 0.6) is 0 Å². The average molecular weight is 720 g/mol. The van der Waals surface area contributed by atoms with Crippen LogP contribution in [0.3, 0.4) is 0 Å². The van der Waals surface area contributed by atoms with Crippen molar-refractivity contribution in [1.82, 2.24) is 0 Å². The van der Waals surface area contributed by atoms with Crippen LogP contribution in [0.15, 0.2) is 229 Å².